The number of benzene rings is 1. The van der Waals surface area contributed by atoms with E-state index < -0.39 is 77.3 Å². The number of carbonyl (C=O) groups is 3. The van der Waals surface area contributed by atoms with Gasteiger partial charge in [0.25, 0.3) is 11.5 Å². The van der Waals surface area contributed by atoms with Crippen LogP contribution in [0.3, 0.4) is 0 Å². The summed E-state index contributed by atoms with van der Waals surface area (Å²) in [6.45, 7) is -1.78. The minimum Gasteiger partial charge on any atom is -0.481 e. The molecule has 1 amide bonds. The molecule has 1 aromatic carbocycles. The van der Waals surface area contributed by atoms with Crippen molar-refractivity contribution in [2.45, 2.75) is 25.3 Å². The number of nitrogens with two attached hydrogens (primary N) is 1. The molecule has 3 rings (SSSR count). The summed E-state index contributed by atoms with van der Waals surface area (Å²) in [6, 6.07) is -4.69. The Labute approximate surface area is 193 Å². The van der Waals surface area contributed by atoms with Gasteiger partial charge in [0.05, 0.1) is 23.9 Å². The molecular formula is C19H19N7O6. The summed E-state index contributed by atoms with van der Waals surface area (Å²) in [7, 11) is 0. The molecule has 0 spiro atoms. The van der Waals surface area contributed by atoms with E-state index >= 15 is 0 Å². The Bertz CT molecular complexity index is 1670. The van der Waals surface area contributed by atoms with Crippen LogP contribution in [0.15, 0.2) is 35.2 Å². The highest BCUT2D eigenvalue weighted by molar-refractivity contribution is 5.96. The molecule has 1 unspecified atom stereocenters. The third-order valence-corrected chi connectivity index (χ3v) is 3.46. The molecule has 2 aromatic heterocycles. The maximum atomic E-state index is 13.0. The van der Waals surface area contributed by atoms with Crippen LogP contribution in [0.5, 0.6) is 0 Å². The summed E-state index contributed by atoms with van der Waals surface area (Å²) in [5.41, 5.74) is 2.40. The van der Waals surface area contributed by atoms with Gasteiger partial charge in [-0.25, -0.2) is 14.8 Å². The zero-order chi connectivity index (χ0) is 32.1. The highest BCUT2D eigenvalue weighted by Gasteiger charge is 2.21. The molecule has 166 valence electrons. The van der Waals surface area contributed by atoms with Gasteiger partial charge in [-0.1, -0.05) is 0 Å². The number of nitrogen functional groups attached to an aromatic ring is 1. The predicted molar refractivity (Wildman–Crippen MR) is 112 cm³/mol. The van der Waals surface area contributed by atoms with E-state index in [1.54, 1.807) is 0 Å². The Morgan fingerprint density at radius 1 is 1.31 bits per heavy atom. The van der Waals surface area contributed by atoms with E-state index in [4.69, 9.17) is 24.6 Å². The average molecular weight is 451 g/mol. The molecule has 0 aliphatic carbocycles. The van der Waals surface area contributed by atoms with Crippen LogP contribution in [0.2, 0.25) is 2.82 Å². The van der Waals surface area contributed by atoms with Gasteiger partial charge in [-0.05, 0) is 30.6 Å². The third-order valence-electron chi connectivity index (χ3n) is 3.46. The first-order chi connectivity index (χ1) is 19.2. The van der Waals surface area contributed by atoms with Crippen molar-refractivity contribution in [2.75, 3.05) is 11.0 Å². The smallest absolute Gasteiger partial charge is 0.326 e. The van der Waals surface area contributed by atoms with Crippen LogP contribution in [-0.4, -0.2) is 54.0 Å². The van der Waals surface area contributed by atoms with Crippen molar-refractivity contribution >= 4 is 40.6 Å². The number of carboxylic acid groups (broad SMARTS) is 2. The molecule has 2 heterocycles. The maximum Gasteiger partial charge on any atom is 0.326 e. The van der Waals surface area contributed by atoms with Crippen LogP contribution in [0.25, 0.3) is 11.2 Å². The monoisotopic (exact) mass is 451 g/mol. The van der Waals surface area contributed by atoms with Crippen LogP contribution in [0, 0.1) is 0 Å². The Hall–Kier alpha value is -4.55. The molecule has 0 fully saturated rings. The lowest BCUT2D eigenvalue weighted by Crippen LogP contribution is -2.41. The number of aromatic amines is 1. The van der Waals surface area contributed by atoms with Gasteiger partial charge in [-0.15, -0.1) is 0 Å². The normalized spacial score (nSPS) is 19.0. The average Bonchev–Trinajstić information content (AvgIpc) is 2.91. The summed E-state index contributed by atoms with van der Waals surface area (Å²) < 4.78 is 79.3. The van der Waals surface area contributed by atoms with Crippen molar-refractivity contribution < 1.29 is 38.4 Å². The molecule has 0 saturated heterocycles. The quantitative estimate of drug-likeness (QED) is 0.254. The molecular weight excluding hydrogens is 422 g/mol. The summed E-state index contributed by atoms with van der Waals surface area (Å²) in [5.74, 6) is -7.28. The number of nitrogens with zero attached hydrogens (tertiary/aromatic N) is 3. The van der Waals surface area contributed by atoms with Gasteiger partial charge in [0.15, 0.2) is 14.0 Å². The molecule has 0 saturated carbocycles. The largest absolute Gasteiger partial charge is 0.481 e. The number of nitrogens with one attached hydrogen (secondary N) is 3. The number of rotatable bonds is 9. The predicted octanol–water partition coefficient (Wildman–Crippen LogP) is -0.0448. The van der Waals surface area contributed by atoms with Crippen LogP contribution in [-0.2, 0) is 16.1 Å². The topological polar surface area (TPSA) is 213 Å². The van der Waals surface area contributed by atoms with Gasteiger partial charge < -0.3 is 26.6 Å². The molecule has 7 N–H and O–H groups in total. The number of aromatic nitrogens is 4. The second-order valence-corrected chi connectivity index (χ2v) is 5.68. The Kier molecular flexibility index (Phi) is 3.67. The number of hydrogen-bond donors (Lipinski definition) is 6. The van der Waals surface area contributed by atoms with Gasteiger partial charge in [0.2, 0.25) is 5.95 Å². The highest BCUT2D eigenvalue weighted by Crippen LogP contribution is 2.12. The summed E-state index contributed by atoms with van der Waals surface area (Å²) >= 11 is 0. The van der Waals surface area contributed by atoms with Gasteiger partial charge in [-0.3, -0.25) is 19.4 Å². The fraction of sp³-hybridized carbons (Fsp3) is 0.211. The molecule has 0 aliphatic rings. The minimum atomic E-state index is -4.23. The zero-order valence-corrected chi connectivity index (χ0v) is 15.7. The number of anilines is 2. The molecule has 3 aromatic rings. The van der Waals surface area contributed by atoms with Crippen molar-refractivity contribution in [1.29, 1.82) is 0 Å². The number of aliphatic carboxylic acids is 2. The second-order valence-electron chi connectivity index (χ2n) is 5.68. The number of amides is 1. The first kappa shape index (κ1) is 12.3. The number of hydrogen-bond acceptors (Lipinski definition) is 9. The van der Waals surface area contributed by atoms with Gasteiger partial charge in [0, 0.05) is 23.1 Å². The maximum absolute atomic E-state index is 13.0. The SMILES string of the molecule is [2H]c1c(C(=O)N([2H])[C@]([2H])(C(=O)O)C([2H])([2H])C([2H])([2H])C(=O)O)ccc(N([2H])C([2H])c2cnc3nc(N)[nH]c(=O)c3n2)c1[2H]. The van der Waals surface area contributed by atoms with Crippen molar-refractivity contribution in [3.8, 4) is 0 Å². The summed E-state index contributed by atoms with van der Waals surface area (Å²) in [4.78, 5) is 62.0. The molecule has 13 nitrogen and oxygen atoms in total. The fourth-order valence-corrected chi connectivity index (χ4v) is 2.13. The van der Waals surface area contributed by atoms with E-state index in [9.17, 15) is 24.3 Å². The van der Waals surface area contributed by atoms with E-state index in [1.165, 1.54) is 0 Å². The van der Waals surface area contributed by atoms with Crippen LogP contribution in [0.4, 0.5) is 11.6 Å². The van der Waals surface area contributed by atoms with E-state index in [1.807, 2.05) is 0 Å². The van der Waals surface area contributed by atoms with E-state index in [2.05, 4.69) is 19.9 Å². The molecule has 32 heavy (non-hydrogen) atoms. The van der Waals surface area contributed by atoms with Crippen LogP contribution >= 0.6 is 0 Å². The van der Waals surface area contributed by atoms with Gasteiger partial charge in [0.1, 0.15) is 6.02 Å². The Morgan fingerprint density at radius 3 is 2.81 bits per heavy atom. The number of fused-ring (bicyclic) bond motifs is 1. The van der Waals surface area contributed by atoms with Gasteiger partial charge >= 0.3 is 11.9 Å². The standard InChI is InChI=1S/C19H19N7O6/c20-19-25-15-14(17(30)26-19)23-11(8-22-15)7-21-10-3-1-9(2-4-10)16(29)24-12(18(31)32)5-6-13(27)28/h1-4,8,12,21H,5-7H2,(H,24,29)(H,27,28)(H,31,32)(H3,20,22,25,26,30)/t12-/m0/s1/i1D,3D,5D2,6D2,7D,12D/hD2/t7?,12-. The highest BCUT2D eigenvalue weighted by atomic mass is 16.4. The first-order valence-electron chi connectivity index (χ1n) is 13.3. The van der Waals surface area contributed by atoms with Crippen LogP contribution < -0.4 is 21.9 Å². The lowest BCUT2D eigenvalue weighted by molar-refractivity contribution is -0.140. The molecule has 0 radical (unpaired) electrons. The second kappa shape index (κ2) is 9.51. The number of carboxylic acids is 2. The molecule has 0 bridgehead atoms. The van der Waals surface area contributed by atoms with E-state index in [-0.39, 0.29) is 22.8 Å². The summed E-state index contributed by atoms with van der Waals surface area (Å²) in [5, 5.41) is 18.0. The van der Waals surface area contributed by atoms with Crippen LogP contribution in [0.1, 0.15) is 39.8 Å². The Balaban J connectivity index is 2.01. The number of carbonyl (C=O) groups excluding carboxylic acids is 1. The van der Waals surface area contributed by atoms with Crippen molar-refractivity contribution in [1.82, 2.24) is 25.2 Å². The van der Waals surface area contributed by atoms with Crippen molar-refractivity contribution in [3.05, 3.63) is 52.0 Å². The zero-order valence-electron chi connectivity index (χ0n) is 25.7. The Morgan fingerprint density at radius 2 is 2.09 bits per heavy atom. The fourth-order valence-electron chi connectivity index (χ4n) is 2.13. The summed E-state index contributed by atoms with van der Waals surface area (Å²) in [6.07, 6.45) is -7.33. The minimum absolute atomic E-state index is 0.159. The van der Waals surface area contributed by atoms with Crippen molar-refractivity contribution in [3.63, 3.8) is 0 Å². The first-order valence-corrected chi connectivity index (χ1v) is 8.35. The third kappa shape index (κ3) is 5.53. The van der Waals surface area contributed by atoms with Crippen molar-refractivity contribution in [2.24, 2.45) is 0 Å². The molecule has 13 heteroatoms. The van der Waals surface area contributed by atoms with Gasteiger partial charge in [-0.2, -0.15) is 4.98 Å². The lowest BCUT2D eigenvalue weighted by Gasteiger charge is -2.14. The van der Waals surface area contributed by atoms with E-state index in [0.717, 1.165) is 12.3 Å². The van der Waals surface area contributed by atoms with E-state index in [0.29, 0.717) is 11.4 Å². The number of H-pyrrole nitrogens is 1. The molecule has 2 atom stereocenters. The molecule has 0 aliphatic heterocycles. The lowest BCUT2D eigenvalue weighted by atomic mass is 10.1.